The molecule has 0 unspecified atom stereocenters. The van der Waals surface area contributed by atoms with Gasteiger partial charge in [-0.2, -0.15) is 13.2 Å². The first-order valence-corrected chi connectivity index (χ1v) is 10.8. The molecule has 5 nitrogen and oxygen atoms in total. The first-order valence-electron chi connectivity index (χ1n) is 10.1. The van der Waals surface area contributed by atoms with Crippen LogP contribution in [0.2, 0.25) is 10.0 Å². The van der Waals surface area contributed by atoms with Gasteiger partial charge in [0, 0.05) is 0 Å². The van der Waals surface area contributed by atoms with Crippen LogP contribution < -0.4 is 15.4 Å². The number of halogens is 5. The van der Waals surface area contributed by atoms with Gasteiger partial charge in [0.2, 0.25) is 0 Å². The van der Waals surface area contributed by atoms with E-state index in [1.807, 2.05) is 11.4 Å². The zero-order valence-electron chi connectivity index (χ0n) is 17.8. The van der Waals surface area contributed by atoms with Crippen molar-refractivity contribution in [3.63, 3.8) is 0 Å². The summed E-state index contributed by atoms with van der Waals surface area (Å²) in [6, 6.07) is 14.2. The second kappa shape index (κ2) is 10.8. The summed E-state index contributed by atoms with van der Waals surface area (Å²) in [5, 5.41) is 4.35. The Labute approximate surface area is 203 Å². The topological polar surface area (TPSA) is 67.4 Å². The van der Waals surface area contributed by atoms with E-state index < -0.39 is 29.2 Å². The minimum atomic E-state index is -4.84. The molecule has 0 radical (unpaired) electrons. The molecule has 0 spiro atoms. The summed E-state index contributed by atoms with van der Waals surface area (Å²) in [5.74, 6) is -1.15. The maximum Gasteiger partial charge on any atom is 0.417 e. The van der Waals surface area contributed by atoms with Gasteiger partial charge in [-0.25, -0.2) is 4.79 Å². The number of benzene rings is 3. The molecule has 10 heteroatoms. The van der Waals surface area contributed by atoms with Crippen molar-refractivity contribution in [2.75, 3.05) is 5.32 Å². The Morgan fingerprint density at radius 2 is 1.62 bits per heavy atom. The Bertz CT molecular complexity index is 1180. The van der Waals surface area contributed by atoms with Crippen LogP contribution in [0.25, 0.3) is 0 Å². The number of rotatable bonds is 6. The van der Waals surface area contributed by atoms with Crippen molar-refractivity contribution < 1.29 is 27.5 Å². The maximum atomic E-state index is 13.7. The minimum absolute atomic E-state index is 0.0143. The van der Waals surface area contributed by atoms with Gasteiger partial charge < -0.3 is 10.1 Å². The number of ether oxygens (including phenoxy) is 1. The van der Waals surface area contributed by atoms with E-state index in [1.54, 1.807) is 37.3 Å². The van der Waals surface area contributed by atoms with E-state index in [9.17, 15) is 22.8 Å². The van der Waals surface area contributed by atoms with Crippen molar-refractivity contribution in [1.82, 2.24) is 5.32 Å². The Hall–Kier alpha value is -3.23. The quantitative estimate of drug-likeness (QED) is 0.371. The molecule has 0 aliphatic carbocycles. The number of aryl methyl sites for hydroxylation is 1. The van der Waals surface area contributed by atoms with E-state index in [1.165, 1.54) is 12.1 Å². The zero-order valence-corrected chi connectivity index (χ0v) is 19.3. The van der Waals surface area contributed by atoms with Gasteiger partial charge in [-0.05, 0) is 41.8 Å². The molecule has 0 saturated carbocycles. The molecular weight excluding hydrogens is 492 g/mol. The lowest BCUT2D eigenvalue weighted by molar-refractivity contribution is -0.138. The number of imide groups is 1. The highest BCUT2D eigenvalue weighted by atomic mass is 35.5. The highest BCUT2D eigenvalue weighted by Gasteiger charge is 2.36. The fraction of sp³-hybridized carbons (Fsp3) is 0.167. The largest absolute Gasteiger partial charge is 0.489 e. The van der Waals surface area contributed by atoms with Crippen LogP contribution in [-0.4, -0.2) is 11.9 Å². The van der Waals surface area contributed by atoms with Gasteiger partial charge in [0.1, 0.15) is 12.4 Å². The molecule has 0 saturated heterocycles. The number of anilines is 1. The average molecular weight is 511 g/mol. The lowest BCUT2D eigenvalue weighted by Gasteiger charge is -2.18. The van der Waals surface area contributed by atoms with E-state index in [4.69, 9.17) is 27.9 Å². The number of amides is 3. The second-order valence-electron chi connectivity index (χ2n) is 7.14. The number of carbonyl (C=O) groups excluding carboxylic acids is 2. The highest BCUT2D eigenvalue weighted by molar-refractivity contribution is 6.39. The third-order valence-corrected chi connectivity index (χ3v) is 5.43. The minimum Gasteiger partial charge on any atom is -0.489 e. The maximum absolute atomic E-state index is 13.7. The third kappa shape index (κ3) is 6.21. The molecule has 0 aromatic heterocycles. The third-order valence-electron chi connectivity index (χ3n) is 4.80. The molecule has 2 N–H and O–H groups in total. The average Bonchev–Trinajstić information content (AvgIpc) is 2.79. The van der Waals surface area contributed by atoms with Gasteiger partial charge in [-0.1, -0.05) is 66.5 Å². The van der Waals surface area contributed by atoms with Crippen LogP contribution in [0.4, 0.5) is 23.7 Å². The summed E-state index contributed by atoms with van der Waals surface area (Å²) in [6.07, 6.45) is -4.60. The van der Waals surface area contributed by atoms with Crippen molar-refractivity contribution in [1.29, 1.82) is 0 Å². The summed E-state index contributed by atoms with van der Waals surface area (Å²) >= 11 is 11.9. The van der Waals surface area contributed by atoms with E-state index in [0.29, 0.717) is 0 Å². The van der Waals surface area contributed by atoms with Gasteiger partial charge in [0.25, 0.3) is 5.91 Å². The predicted octanol–water partition coefficient (Wildman–Crippen LogP) is 7.12. The van der Waals surface area contributed by atoms with Crippen molar-refractivity contribution in [2.24, 2.45) is 0 Å². The fourth-order valence-corrected chi connectivity index (χ4v) is 3.62. The Morgan fingerprint density at radius 3 is 2.21 bits per heavy atom. The number of hydrogen-bond acceptors (Lipinski definition) is 3. The molecule has 3 rings (SSSR count). The van der Waals surface area contributed by atoms with Crippen LogP contribution in [-0.2, 0) is 19.2 Å². The van der Waals surface area contributed by atoms with Crippen LogP contribution in [0, 0.1) is 0 Å². The molecule has 3 aromatic carbocycles. The molecule has 0 atom stereocenters. The van der Waals surface area contributed by atoms with Crippen molar-refractivity contribution in [3.05, 3.63) is 93.0 Å². The van der Waals surface area contributed by atoms with Crippen LogP contribution in [0.3, 0.4) is 0 Å². The summed E-state index contributed by atoms with van der Waals surface area (Å²) < 4.78 is 46.9. The number of nitrogens with one attached hydrogen (secondary N) is 2. The monoisotopic (exact) mass is 510 g/mol. The molecule has 34 heavy (non-hydrogen) atoms. The summed E-state index contributed by atoms with van der Waals surface area (Å²) in [5.41, 5.74) is -0.857. The molecule has 0 bridgehead atoms. The van der Waals surface area contributed by atoms with Crippen molar-refractivity contribution in [2.45, 2.75) is 26.1 Å². The van der Waals surface area contributed by atoms with Crippen LogP contribution in [0.1, 0.15) is 34.0 Å². The number of carbonyl (C=O) groups is 2. The van der Waals surface area contributed by atoms with Gasteiger partial charge in [-0.3, -0.25) is 10.1 Å². The zero-order chi connectivity index (χ0) is 24.9. The van der Waals surface area contributed by atoms with Crippen LogP contribution in [0.15, 0.2) is 60.7 Å². The normalized spacial score (nSPS) is 11.1. The number of urea groups is 1. The molecule has 178 valence electrons. The predicted molar refractivity (Wildman–Crippen MR) is 125 cm³/mol. The Kier molecular flexibility index (Phi) is 8.06. The Morgan fingerprint density at radius 1 is 0.971 bits per heavy atom. The van der Waals surface area contributed by atoms with Crippen LogP contribution >= 0.6 is 23.2 Å². The summed E-state index contributed by atoms with van der Waals surface area (Å²) in [4.78, 5) is 25.0. The van der Waals surface area contributed by atoms with E-state index >= 15 is 0 Å². The smallest absolute Gasteiger partial charge is 0.417 e. The Balaban J connectivity index is 1.89. The molecular formula is C24H19Cl2F3N2O3. The number of alkyl halides is 3. The summed E-state index contributed by atoms with van der Waals surface area (Å²) in [7, 11) is 0. The van der Waals surface area contributed by atoms with Gasteiger partial charge in [0.15, 0.2) is 0 Å². The lowest BCUT2D eigenvalue weighted by Crippen LogP contribution is -2.35. The molecule has 0 aliphatic heterocycles. The SMILES string of the molecule is CCc1cc(C(F)(F)F)c(C(=O)NC(=O)Nc2c(Cl)cccc2Cl)cc1OCc1ccccc1. The van der Waals surface area contributed by atoms with E-state index in [2.05, 4.69) is 5.32 Å². The fourth-order valence-electron chi connectivity index (χ4n) is 3.13. The molecule has 0 fully saturated rings. The van der Waals surface area contributed by atoms with Crippen molar-refractivity contribution >= 4 is 40.8 Å². The van der Waals surface area contributed by atoms with Crippen LogP contribution in [0.5, 0.6) is 5.75 Å². The number of hydrogen-bond donors (Lipinski definition) is 2. The second-order valence-corrected chi connectivity index (χ2v) is 7.95. The first kappa shape index (κ1) is 25.4. The molecule has 0 heterocycles. The van der Waals surface area contributed by atoms with E-state index in [0.717, 1.165) is 17.7 Å². The van der Waals surface area contributed by atoms with Gasteiger partial charge in [-0.15, -0.1) is 0 Å². The molecule has 3 amide bonds. The van der Waals surface area contributed by atoms with Gasteiger partial charge in [0.05, 0.1) is 26.9 Å². The highest BCUT2D eigenvalue weighted by Crippen LogP contribution is 2.36. The first-order chi connectivity index (χ1) is 16.1. The molecule has 3 aromatic rings. The van der Waals surface area contributed by atoms with Crippen molar-refractivity contribution in [3.8, 4) is 5.75 Å². The van der Waals surface area contributed by atoms with Gasteiger partial charge >= 0.3 is 12.2 Å². The standard InChI is InChI=1S/C24H19Cl2F3N2O3/c1-2-15-11-17(24(27,28)29)16(12-20(15)34-13-14-7-4-3-5-8-14)22(32)31-23(33)30-21-18(25)9-6-10-19(21)26/h3-12H,2,13H2,1H3,(H2,30,31,32,33). The molecule has 0 aliphatic rings. The number of para-hydroxylation sites is 1. The lowest BCUT2D eigenvalue weighted by atomic mass is 10.00. The summed E-state index contributed by atoms with van der Waals surface area (Å²) in [6.45, 7) is 1.76. The van der Waals surface area contributed by atoms with E-state index in [-0.39, 0.29) is 40.1 Å².